The Bertz CT molecular complexity index is 540. The van der Waals surface area contributed by atoms with Gasteiger partial charge in [0, 0.05) is 0 Å². The van der Waals surface area contributed by atoms with E-state index in [1.165, 1.54) is 37.1 Å². The lowest BCUT2D eigenvalue weighted by Gasteiger charge is -2.24. The van der Waals surface area contributed by atoms with E-state index < -0.39 is 0 Å². The fourth-order valence-electron chi connectivity index (χ4n) is 2.83. The molecule has 0 saturated heterocycles. The summed E-state index contributed by atoms with van der Waals surface area (Å²) in [5.41, 5.74) is 0.371. The number of rotatable bonds is 2. The van der Waals surface area contributed by atoms with E-state index in [0.717, 1.165) is 12.8 Å². The standard InChI is InChI=1S/C15H17FN2OS/c16-11-8-4-5-9-12(11)17-15-18-14(19)13(20-15)10-6-2-1-3-7-10/h4-5,8-10,13H,1-3,6-7H2,(H,17,18,19). The average molecular weight is 292 g/mol. The van der Waals surface area contributed by atoms with Crippen molar-refractivity contribution in [2.45, 2.75) is 37.4 Å². The first kappa shape index (κ1) is 13.6. The molecule has 3 nitrogen and oxygen atoms in total. The van der Waals surface area contributed by atoms with Crippen molar-refractivity contribution in [3.05, 3.63) is 30.1 Å². The minimum absolute atomic E-state index is 0.0688. The molecule has 0 aromatic heterocycles. The lowest BCUT2D eigenvalue weighted by Crippen LogP contribution is -2.25. The van der Waals surface area contributed by atoms with Crippen LogP contribution in [0.5, 0.6) is 0 Å². The number of nitrogens with zero attached hydrogens (tertiary/aromatic N) is 1. The van der Waals surface area contributed by atoms with E-state index in [9.17, 15) is 9.18 Å². The van der Waals surface area contributed by atoms with Gasteiger partial charge >= 0.3 is 0 Å². The van der Waals surface area contributed by atoms with Crippen LogP contribution in [0.3, 0.4) is 0 Å². The van der Waals surface area contributed by atoms with Crippen LogP contribution in [0.4, 0.5) is 10.1 Å². The normalized spacial score (nSPS) is 23.8. The van der Waals surface area contributed by atoms with Gasteiger partial charge in [0.15, 0.2) is 5.17 Å². The lowest BCUT2D eigenvalue weighted by molar-refractivity contribution is -0.118. The highest BCUT2D eigenvalue weighted by atomic mass is 32.2. The quantitative estimate of drug-likeness (QED) is 0.901. The van der Waals surface area contributed by atoms with E-state index in [4.69, 9.17) is 0 Å². The Morgan fingerprint density at radius 3 is 2.70 bits per heavy atom. The molecule has 1 heterocycles. The summed E-state index contributed by atoms with van der Waals surface area (Å²) in [6.07, 6.45) is 5.87. The molecular formula is C15H17FN2OS. The molecule has 1 saturated carbocycles. The average Bonchev–Trinajstić information content (AvgIpc) is 2.83. The predicted octanol–water partition coefficient (Wildman–Crippen LogP) is 3.82. The fraction of sp³-hybridized carbons (Fsp3) is 0.467. The summed E-state index contributed by atoms with van der Waals surface area (Å²) in [5.74, 6) is 0.0232. The number of aliphatic imine (C=N–C) groups is 1. The lowest BCUT2D eigenvalue weighted by atomic mass is 9.86. The Balaban J connectivity index is 1.66. The van der Waals surface area contributed by atoms with Gasteiger partial charge in [0.25, 0.3) is 5.91 Å². The van der Waals surface area contributed by atoms with E-state index in [1.807, 2.05) is 0 Å². The number of carbonyl (C=O) groups excluding carboxylic acids is 1. The van der Waals surface area contributed by atoms with Crippen molar-refractivity contribution in [1.29, 1.82) is 0 Å². The van der Waals surface area contributed by atoms with Crippen LogP contribution in [0.25, 0.3) is 0 Å². The first-order chi connectivity index (χ1) is 9.74. The van der Waals surface area contributed by atoms with Crippen LogP contribution < -0.4 is 5.32 Å². The maximum atomic E-state index is 13.6. The number of amidine groups is 1. The largest absolute Gasteiger partial charge is 0.332 e. The summed E-state index contributed by atoms with van der Waals surface area (Å²) in [5, 5.41) is 3.37. The van der Waals surface area contributed by atoms with Crippen LogP contribution in [-0.4, -0.2) is 16.3 Å². The van der Waals surface area contributed by atoms with Gasteiger partial charge in [0.2, 0.25) is 0 Å². The van der Waals surface area contributed by atoms with Crippen molar-refractivity contribution in [2.75, 3.05) is 5.32 Å². The van der Waals surface area contributed by atoms with Gasteiger partial charge in [-0.05, 0) is 30.9 Å². The highest BCUT2D eigenvalue weighted by molar-refractivity contribution is 8.15. The smallest absolute Gasteiger partial charge is 0.261 e. The molecule has 1 aromatic carbocycles. The number of carbonyl (C=O) groups is 1. The van der Waals surface area contributed by atoms with Crippen LogP contribution in [0.15, 0.2) is 29.3 Å². The van der Waals surface area contributed by atoms with Gasteiger partial charge in [-0.3, -0.25) is 4.79 Å². The van der Waals surface area contributed by atoms with E-state index in [0.29, 0.717) is 16.8 Å². The zero-order valence-corrected chi connectivity index (χ0v) is 12.0. The molecule has 2 aliphatic rings. The number of halogens is 1. The third-order valence-electron chi connectivity index (χ3n) is 3.89. The Labute approximate surface area is 122 Å². The minimum atomic E-state index is -0.329. The van der Waals surface area contributed by atoms with Crippen LogP contribution in [0.2, 0.25) is 0 Å². The second kappa shape index (κ2) is 5.95. The third-order valence-corrected chi connectivity index (χ3v) is 5.14. The predicted molar refractivity (Wildman–Crippen MR) is 80.4 cm³/mol. The highest BCUT2D eigenvalue weighted by Crippen LogP contribution is 2.37. The molecule has 0 spiro atoms. The molecule has 1 amide bonds. The van der Waals surface area contributed by atoms with Crippen LogP contribution in [-0.2, 0) is 4.79 Å². The Morgan fingerprint density at radius 1 is 1.20 bits per heavy atom. The van der Waals surface area contributed by atoms with Crippen molar-refractivity contribution < 1.29 is 9.18 Å². The summed E-state index contributed by atoms with van der Waals surface area (Å²) in [4.78, 5) is 16.1. The molecule has 1 aromatic rings. The van der Waals surface area contributed by atoms with Gasteiger partial charge in [-0.1, -0.05) is 43.2 Å². The highest BCUT2D eigenvalue weighted by Gasteiger charge is 2.36. The van der Waals surface area contributed by atoms with E-state index in [1.54, 1.807) is 18.2 Å². The van der Waals surface area contributed by atoms with Gasteiger partial charge in [-0.15, -0.1) is 0 Å². The summed E-state index contributed by atoms with van der Waals surface area (Å²) < 4.78 is 13.6. The number of thioether (sulfide) groups is 1. The Morgan fingerprint density at radius 2 is 1.95 bits per heavy atom. The molecule has 1 N–H and O–H groups in total. The number of nitrogens with one attached hydrogen (secondary N) is 1. The van der Waals surface area contributed by atoms with Crippen molar-refractivity contribution in [3.63, 3.8) is 0 Å². The summed E-state index contributed by atoms with van der Waals surface area (Å²) >= 11 is 1.45. The minimum Gasteiger partial charge on any atom is -0.332 e. The topological polar surface area (TPSA) is 41.5 Å². The maximum absolute atomic E-state index is 13.6. The number of para-hydroxylation sites is 1. The summed E-state index contributed by atoms with van der Waals surface area (Å²) in [6, 6.07) is 6.44. The van der Waals surface area contributed by atoms with Crippen LogP contribution in [0, 0.1) is 11.7 Å². The van der Waals surface area contributed by atoms with Gasteiger partial charge in [0.1, 0.15) is 5.82 Å². The molecule has 1 atom stereocenters. The van der Waals surface area contributed by atoms with Crippen LogP contribution >= 0.6 is 11.8 Å². The zero-order chi connectivity index (χ0) is 13.9. The Hall–Kier alpha value is -1.36. The van der Waals surface area contributed by atoms with Gasteiger partial charge < -0.3 is 5.32 Å². The molecule has 106 valence electrons. The second-order valence-electron chi connectivity index (χ2n) is 5.30. The molecule has 20 heavy (non-hydrogen) atoms. The maximum Gasteiger partial charge on any atom is 0.261 e. The molecule has 0 radical (unpaired) electrons. The summed E-state index contributed by atoms with van der Waals surface area (Å²) in [7, 11) is 0. The zero-order valence-electron chi connectivity index (χ0n) is 11.1. The number of hydrogen-bond donors (Lipinski definition) is 1. The van der Waals surface area contributed by atoms with Gasteiger partial charge in [-0.25, -0.2) is 4.39 Å². The van der Waals surface area contributed by atoms with Crippen LogP contribution in [0.1, 0.15) is 32.1 Å². The third kappa shape index (κ3) is 2.87. The van der Waals surface area contributed by atoms with Crippen molar-refractivity contribution in [1.82, 2.24) is 0 Å². The number of anilines is 1. The van der Waals surface area contributed by atoms with Gasteiger partial charge in [0.05, 0.1) is 10.9 Å². The molecule has 1 aliphatic carbocycles. The van der Waals surface area contributed by atoms with Crippen molar-refractivity contribution in [3.8, 4) is 0 Å². The molecule has 5 heteroatoms. The number of benzene rings is 1. The summed E-state index contributed by atoms with van der Waals surface area (Å²) in [6.45, 7) is 0. The number of hydrogen-bond acceptors (Lipinski definition) is 3. The SMILES string of the molecule is O=C1N=C(Nc2ccccc2F)SC1C1CCCCC1. The molecule has 1 fully saturated rings. The fourth-order valence-corrected chi connectivity index (χ4v) is 4.00. The second-order valence-corrected chi connectivity index (χ2v) is 6.43. The molecule has 0 bridgehead atoms. The van der Waals surface area contributed by atoms with Crippen molar-refractivity contribution in [2.24, 2.45) is 10.9 Å². The monoisotopic (exact) mass is 292 g/mol. The molecular weight excluding hydrogens is 275 g/mol. The number of amides is 1. The van der Waals surface area contributed by atoms with Gasteiger partial charge in [-0.2, -0.15) is 4.99 Å². The van der Waals surface area contributed by atoms with E-state index >= 15 is 0 Å². The molecule has 3 rings (SSSR count). The van der Waals surface area contributed by atoms with E-state index in [-0.39, 0.29) is 17.0 Å². The first-order valence-corrected chi connectivity index (χ1v) is 7.93. The van der Waals surface area contributed by atoms with E-state index in [2.05, 4.69) is 10.3 Å². The molecule has 1 aliphatic heterocycles. The molecule has 1 unspecified atom stereocenters. The Kier molecular flexibility index (Phi) is 4.05. The first-order valence-electron chi connectivity index (χ1n) is 7.05. The van der Waals surface area contributed by atoms with Crippen molar-refractivity contribution >= 4 is 28.5 Å².